The summed E-state index contributed by atoms with van der Waals surface area (Å²) in [5.41, 5.74) is 1.63. The zero-order valence-electron chi connectivity index (χ0n) is 16.4. The van der Waals surface area contributed by atoms with Gasteiger partial charge in [0.25, 0.3) is 6.01 Å². The number of aromatic nitrogens is 4. The van der Waals surface area contributed by atoms with Crippen LogP contribution >= 0.6 is 0 Å². The van der Waals surface area contributed by atoms with Crippen LogP contribution in [0, 0.1) is 5.92 Å². The Balaban J connectivity index is 1.38. The first-order valence-electron chi connectivity index (χ1n) is 9.53. The summed E-state index contributed by atoms with van der Waals surface area (Å²) in [6, 6.07) is 8.06. The number of anilines is 1. The summed E-state index contributed by atoms with van der Waals surface area (Å²) in [4.78, 5) is 25.5. The molecule has 1 aliphatic heterocycles. The van der Waals surface area contributed by atoms with Crippen molar-refractivity contribution in [3.63, 3.8) is 0 Å². The van der Waals surface area contributed by atoms with E-state index in [1.54, 1.807) is 4.68 Å². The molecule has 0 saturated carbocycles. The third kappa shape index (κ3) is 3.51. The van der Waals surface area contributed by atoms with Gasteiger partial charge in [-0.1, -0.05) is 26.0 Å². The number of para-hydroxylation sites is 2. The maximum absolute atomic E-state index is 12.8. The molecule has 4 rings (SSSR count). The quantitative estimate of drug-likeness (QED) is 0.742. The second kappa shape index (κ2) is 7.49. The number of nitrogens with one attached hydrogen (secondary N) is 1. The summed E-state index contributed by atoms with van der Waals surface area (Å²) in [7, 11) is 1.84. The number of hydrogen-bond acceptors (Lipinski definition) is 6. The molecule has 1 aliphatic rings. The van der Waals surface area contributed by atoms with Crippen LogP contribution in [0.15, 0.2) is 35.0 Å². The largest absolute Gasteiger partial charge is 0.423 e. The molecule has 1 unspecified atom stereocenters. The average molecular weight is 383 g/mol. The SMILES string of the molecule is CC(C)C(NC(=O)N1CCN(c2nc3ccccc3o2)CC1)c1ncnn1C. The van der Waals surface area contributed by atoms with Crippen LogP contribution in [-0.4, -0.2) is 56.9 Å². The summed E-state index contributed by atoms with van der Waals surface area (Å²) >= 11 is 0. The van der Waals surface area contributed by atoms with Crippen molar-refractivity contribution in [3.8, 4) is 0 Å². The Morgan fingerprint density at radius 1 is 1.18 bits per heavy atom. The molecule has 0 bridgehead atoms. The number of oxazole rings is 1. The zero-order chi connectivity index (χ0) is 19.7. The summed E-state index contributed by atoms with van der Waals surface area (Å²) in [6.07, 6.45) is 1.51. The molecule has 0 aliphatic carbocycles. The average Bonchev–Trinajstić information content (AvgIpc) is 3.32. The number of hydrogen-bond donors (Lipinski definition) is 1. The van der Waals surface area contributed by atoms with Crippen molar-refractivity contribution in [2.24, 2.45) is 13.0 Å². The maximum atomic E-state index is 12.8. The number of carbonyl (C=O) groups excluding carboxylic acids is 1. The van der Waals surface area contributed by atoms with E-state index in [1.165, 1.54) is 6.33 Å². The highest BCUT2D eigenvalue weighted by molar-refractivity contribution is 5.76. The molecule has 1 fully saturated rings. The molecule has 3 aromatic rings. The van der Waals surface area contributed by atoms with E-state index in [-0.39, 0.29) is 18.0 Å². The van der Waals surface area contributed by atoms with Gasteiger partial charge in [-0.05, 0) is 18.1 Å². The molecule has 28 heavy (non-hydrogen) atoms. The molecule has 2 amide bonds. The topological polar surface area (TPSA) is 92.3 Å². The van der Waals surface area contributed by atoms with E-state index in [0.717, 1.165) is 16.9 Å². The maximum Gasteiger partial charge on any atom is 0.318 e. The molecule has 1 N–H and O–H groups in total. The van der Waals surface area contributed by atoms with Crippen LogP contribution in [-0.2, 0) is 7.05 Å². The van der Waals surface area contributed by atoms with Gasteiger partial charge >= 0.3 is 6.03 Å². The lowest BCUT2D eigenvalue weighted by Crippen LogP contribution is -2.53. The standard InChI is InChI=1S/C19H25N7O2/c1-13(2)16(17-20-12-21-24(17)3)23-18(27)25-8-10-26(11-9-25)19-22-14-6-4-5-7-15(14)28-19/h4-7,12-13,16H,8-11H2,1-3H3,(H,23,27). The number of urea groups is 1. The van der Waals surface area contributed by atoms with Crippen molar-refractivity contribution in [3.05, 3.63) is 36.4 Å². The lowest BCUT2D eigenvalue weighted by molar-refractivity contribution is 0.184. The van der Waals surface area contributed by atoms with Crippen molar-refractivity contribution in [2.75, 3.05) is 31.1 Å². The van der Waals surface area contributed by atoms with E-state index < -0.39 is 0 Å². The number of piperazine rings is 1. The van der Waals surface area contributed by atoms with Crippen LogP contribution in [0.25, 0.3) is 11.1 Å². The fourth-order valence-electron chi connectivity index (χ4n) is 3.44. The lowest BCUT2D eigenvalue weighted by Gasteiger charge is -2.35. The van der Waals surface area contributed by atoms with E-state index in [2.05, 4.69) is 39.1 Å². The minimum absolute atomic E-state index is 0.0843. The molecule has 2 aromatic heterocycles. The van der Waals surface area contributed by atoms with Crippen LogP contribution in [0.3, 0.4) is 0 Å². The number of nitrogens with zero attached hydrogens (tertiary/aromatic N) is 6. The van der Waals surface area contributed by atoms with Gasteiger partial charge in [0.15, 0.2) is 5.58 Å². The van der Waals surface area contributed by atoms with Crippen molar-refractivity contribution >= 4 is 23.1 Å². The predicted octanol–water partition coefficient (Wildman–Crippen LogP) is 2.19. The van der Waals surface area contributed by atoms with Gasteiger partial charge < -0.3 is 19.5 Å². The predicted molar refractivity (Wildman–Crippen MR) is 105 cm³/mol. The highest BCUT2D eigenvalue weighted by atomic mass is 16.4. The van der Waals surface area contributed by atoms with E-state index in [0.29, 0.717) is 32.2 Å². The number of rotatable bonds is 4. The fourth-order valence-corrected chi connectivity index (χ4v) is 3.44. The third-order valence-corrected chi connectivity index (χ3v) is 5.09. The third-order valence-electron chi connectivity index (χ3n) is 5.09. The molecular formula is C19H25N7O2. The van der Waals surface area contributed by atoms with E-state index in [4.69, 9.17) is 4.42 Å². The lowest BCUT2D eigenvalue weighted by atomic mass is 10.0. The fraction of sp³-hybridized carbons (Fsp3) is 0.474. The summed E-state index contributed by atoms with van der Waals surface area (Å²) in [5, 5.41) is 7.23. The van der Waals surface area contributed by atoms with Gasteiger partial charge in [0, 0.05) is 33.2 Å². The molecule has 0 spiro atoms. The first-order chi connectivity index (χ1) is 13.5. The smallest absolute Gasteiger partial charge is 0.318 e. The number of amides is 2. The van der Waals surface area contributed by atoms with Gasteiger partial charge in [-0.2, -0.15) is 10.1 Å². The monoisotopic (exact) mass is 383 g/mol. The minimum atomic E-state index is -0.185. The normalized spacial score (nSPS) is 16.0. The Hall–Kier alpha value is -3.10. The Kier molecular flexibility index (Phi) is 4.89. The van der Waals surface area contributed by atoms with Gasteiger partial charge in [0.1, 0.15) is 17.7 Å². The molecule has 0 radical (unpaired) electrons. The number of benzene rings is 1. The highest BCUT2D eigenvalue weighted by Crippen LogP contribution is 2.23. The highest BCUT2D eigenvalue weighted by Gasteiger charge is 2.28. The second-order valence-corrected chi connectivity index (χ2v) is 7.35. The van der Waals surface area contributed by atoms with Gasteiger partial charge in [0.05, 0.1) is 6.04 Å². The van der Waals surface area contributed by atoms with Crippen molar-refractivity contribution in [2.45, 2.75) is 19.9 Å². The Bertz CT molecular complexity index is 923. The Morgan fingerprint density at radius 3 is 2.57 bits per heavy atom. The molecule has 9 nitrogen and oxygen atoms in total. The van der Waals surface area contributed by atoms with Crippen LogP contribution in [0.2, 0.25) is 0 Å². The van der Waals surface area contributed by atoms with E-state index in [9.17, 15) is 4.79 Å². The van der Waals surface area contributed by atoms with Gasteiger partial charge in [-0.3, -0.25) is 4.68 Å². The van der Waals surface area contributed by atoms with Crippen LogP contribution in [0.1, 0.15) is 25.7 Å². The van der Waals surface area contributed by atoms with E-state index >= 15 is 0 Å². The number of aryl methyl sites for hydroxylation is 1. The van der Waals surface area contributed by atoms with E-state index in [1.807, 2.05) is 36.2 Å². The Morgan fingerprint density at radius 2 is 1.93 bits per heavy atom. The van der Waals surface area contributed by atoms with Crippen LogP contribution in [0.5, 0.6) is 0 Å². The second-order valence-electron chi connectivity index (χ2n) is 7.35. The molecule has 3 heterocycles. The first kappa shape index (κ1) is 18.3. The summed E-state index contributed by atoms with van der Waals surface area (Å²) < 4.78 is 7.54. The van der Waals surface area contributed by atoms with Crippen molar-refractivity contribution in [1.82, 2.24) is 30.0 Å². The molecule has 1 aromatic carbocycles. The minimum Gasteiger partial charge on any atom is -0.423 e. The van der Waals surface area contributed by atoms with Gasteiger partial charge in [-0.15, -0.1) is 0 Å². The van der Waals surface area contributed by atoms with Crippen molar-refractivity contribution in [1.29, 1.82) is 0 Å². The summed E-state index contributed by atoms with van der Waals surface area (Å²) in [6.45, 7) is 6.69. The van der Waals surface area contributed by atoms with Crippen molar-refractivity contribution < 1.29 is 9.21 Å². The number of fused-ring (bicyclic) bond motifs is 1. The summed E-state index contributed by atoms with van der Waals surface area (Å²) in [5.74, 6) is 0.960. The number of carbonyl (C=O) groups is 1. The van der Waals surface area contributed by atoms with Gasteiger partial charge in [-0.25, -0.2) is 9.78 Å². The van der Waals surface area contributed by atoms with Crippen LogP contribution in [0.4, 0.5) is 10.8 Å². The molecule has 148 valence electrons. The van der Waals surface area contributed by atoms with Gasteiger partial charge in [0.2, 0.25) is 0 Å². The zero-order valence-corrected chi connectivity index (χ0v) is 16.4. The molecule has 1 saturated heterocycles. The van der Waals surface area contributed by atoms with Crippen LogP contribution < -0.4 is 10.2 Å². The molecule has 1 atom stereocenters. The Labute approximate surface area is 163 Å². The molecular weight excluding hydrogens is 358 g/mol. The molecule has 9 heteroatoms. The first-order valence-corrected chi connectivity index (χ1v) is 9.53.